The first-order chi connectivity index (χ1) is 6.77. The quantitative estimate of drug-likeness (QED) is 0.796. The lowest BCUT2D eigenvalue weighted by atomic mass is 10.3. The molecule has 2 aromatic rings. The number of ether oxygens (including phenoxy) is 1. The first kappa shape index (κ1) is 9.77. The second-order valence-electron chi connectivity index (χ2n) is 2.42. The molecular formula is C9H4Cl2NOS. The molecule has 0 aliphatic carbocycles. The fourth-order valence-corrected chi connectivity index (χ4v) is 1.66. The van der Waals surface area contributed by atoms with Gasteiger partial charge in [0, 0.05) is 0 Å². The van der Waals surface area contributed by atoms with Gasteiger partial charge in [0.2, 0.25) is 5.06 Å². The van der Waals surface area contributed by atoms with Crippen molar-refractivity contribution in [3.63, 3.8) is 0 Å². The number of benzene rings is 1. The van der Waals surface area contributed by atoms with Gasteiger partial charge in [0.25, 0.3) is 0 Å². The standard InChI is InChI=1S/C9H4Cl2NOS/c10-6-2-1-3-7(9(6)11)13-8-4-12-5-14-8/h1-4H. The van der Waals surface area contributed by atoms with Crippen LogP contribution in [0.4, 0.5) is 0 Å². The van der Waals surface area contributed by atoms with Crippen LogP contribution in [0.1, 0.15) is 0 Å². The van der Waals surface area contributed by atoms with Crippen molar-refractivity contribution in [3.05, 3.63) is 40.0 Å². The van der Waals surface area contributed by atoms with E-state index in [1.807, 2.05) is 0 Å². The monoisotopic (exact) mass is 244 g/mol. The summed E-state index contributed by atoms with van der Waals surface area (Å²) in [4.78, 5) is 3.76. The molecule has 2 nitrogen and oxygen atoms in total. The molecule has 0 fully saturated rings. The van der Waals surface area contributed by atoms with Gasteiger partial charge in [0.1, 0.15) is 10.8 Å². The minimum atomic E-state index is 0.405. The van der Waals surface area contributed by atoms with Crippen LogP contribution in [0, 0.1) is 5.51 Å². The molecule has 0 amide bonds. The highest BCUT2D eigenvalue weighted by Gasteiger charge is 2.06. The van der Waals surface area contributed by atoms with Crippen LogP contribution in [-0.2, 0) is 0 Å². The Hall–Kier alpha value is -0.770. The van der Waals surface area contributed by atoms with Gasteiger partial charge in [-0.25, -0.2) is 4.98 Å². The number of rotatable bonds is 2. The van der Waals surface area contributed by atoms with E-state index in [1.54, 1.807) is 24.4 Å². The third-order valence-corrected chi connectivity index (χ3v) is 2.88. The molecule has 71 valence electrons. The first-order valence-electron chi connectivity index (χ1n) is 3.71. The fraction of sp³-hybridized carbons (Fsp3) is 0. The molecule has 5 heteroatoms. The van der Waals surface area contributed by atoms with Crippen molar-refractivity contribution in [1.82, 2.24) is 4.98 Å². The zero-order valence-electron chi connectivity index (χ0n) is 6.83. The van der Waals surface area contributed by atoms with Crippen LogP contribution in [0.15, 0.2) is 24.4 Å². The normalized spacial score (nSPS) is 10.1. The number of aromatic nitrogens is 1. The van der Waals surface area contributed by atoms with Gasteiger partial charge >= 0.3 is 0 Å². The van der Waals surface area contributed by atoms with Gasteiger partial charge in [-0.3, -0.25) is 0 Å². The van der Waals surface area contributed by atoms with E-state index in [-0.39, 0.29) is 0 Å². The van der Waals surface area contributed by atoms with E-state index >= 15 is 0 Å². The van der Waals surface area contributed by atoms with Gasteiger partial charge in [-0.05, 0) is 12.1 Å². The summed E-state index contributed by atoms with van der Waals surface area (Å²) < 4.78 is 5.44. The zero-order valence-corrected chi connectivity index (χ0v) is 9.16. The maximum Gasteiger partial charge on any atom is 0.201 e. The molecule has 14 heavy (non-hydrogen) atoms. The average molecular weight is 245 g/mol. The predicted molar refractivity (Wildman–Crippen MR) is 57.5 cm³/mol. The lowest BCUT2D eigenvalue weighted by Gasteiger charge is -2.04. The lowest BCUT2D eigenvalue weighted by molar-refractivity contribution is 0.495. The van der Waals surface area contributed by atoms with Crippen molar-refractivity contribution < 1.29 is 4.74 Å². The lowest BCUT2D eigenvalue weighted by Crippen LogP contribution is -1.82. The summed E-state index contributed by atoms with van der Waals surface area (Å²) in [5.41, 5.74) is 2.67. The maximum atomic E-state index is 5.93. The van der Waals surface area contributed by atoms with Crippen LogP contribution < -0.4 is 4.74 Å². The first-order valence-corrected chi connectivity index (χ1v) is 5.28. The molecule has 0 saturated heterocycles. The minimum absolute atomic E-state index is 0.405. The third-order valence-electron chi connectivity index (χ3n) is 1.50. The van der Waals surface area contributed by atoms with Gasteiger partial charge in [0.05, 0.1) is 11.2 Å². The molecule has 0 unspecified atom stereocenters. The predicted octanol–water partition coefficient (Wildman–Crippen LogP) is 4.04. The van der Waals surface area contributed by atoms with Crippen molar-refractivity contribution in [2.45, 2.75) is 0 Å². The van der Waals surface area contributed by atoms with Crippen LogP contribution in [0.2, 0.25) is 10.0 Å². The summed E-state index contributed by atoms with van der Waals surface area (Å²) in [5.74, 6) is 0.525. The summed E-state index contributed by atoms with van der Waals surface area (Å²) in [5, 5.41) is 1.51. The van der Waals surface area contributed by atoms with E-state index in [0.29, 0.717) is 20.9 Å². The Kier molecular flexibility index (Phi) is 2.91. The largest absolute Gasteiger partial charge is 0.443 e. The summed E-state index contributed by atoms with van der Waals surface area (Å²) in [6, 6.07) is 5.22. The van der Waals surface area contributed by atoms with Gasteiger partial charge in [0.15, 0.2) is 5.51 Å². The smallest absolute Gasteiger partial charge is 0.201 e. The molecule has 0 bridgehead atoms. The second-order valence-corrected chi connectivity index (χ2v) is 4.00. The Labute approximate surface area is 95.1 Å². The zero-order chi connectivity index (χ0) is 9.97. The number of nitrogens with zero attached hydrogens (tertiary/aromatic N) is 1. The number of halogens is 2. The van der Waals surface area contributed by atoms with Crippen LogP contribution in [0.3, 0.4) is 0 Å². The van der Waals surface area contributed by atoms with E-state index in [4.69, 9.17) is 27.9 Å². The fourth-order valence-electron chi connectivity index (χ4n) is 0.895. The van der Waals surface area contributed by atoms with Crippen LogP contribution >= 0.6 is 34.5 Å². The van der Waals surface area contributed by atoms with E-state index in [2.05, 4.69) is 10.5 Å². The summed E-state index contributed by atoms with van der Waals surface area (Å²) in [6.07, 6.45) is 1.57. The summed E-state index contributed by atoms with van der Waals surface area (Å²) in [7, 11) is 0. The van der Waals surface area contributed by atoms with Crippen LogP contribution in [0.25, 0.3) is 0 Å². The highest BCUT2D eigenvalue weighted by atomic mass is 35.5. The molecular weight excluding hydrogens is 241 g/mol. The molecule has 0 aliphatic rings. The summed E-state index contributed by atoms with van der Waals surface area (Å²) in [6.45, 7) is 0. The molecule has 0 spiro atoms. The third kappa shape index (κ3) is 2.00. The number of hydrogen-bond acceptors (Lipinski definition) is 3. The molecule has 1 aromatic carbocycles. The van der Waals surface area contributed by atoms with Crippen LogP contribution in [0.5, 0.6) is 10.8 Å². The Bertz CT molecular complexity index is 430. The Morgan fingerprint density at radius 2 is 2.21 bits per heavy atom. The SMILES string of the molecule is Clc1cccc(Oc2cn[c]s2)c1Cl. The molecule has 1 radical (unpaired) electrons. The van der Waals surface area contributed by atoms with Crippen molar-refractivity contribution in [2.75, 3.05) is 0 Å². The minimum Gasteiger partial charge on any atom is -0.443 e. The number of hydrogen-bond donors (Lipinski definition) is 0. The molecule has 0 atom stereocenters. The van der Waals surface area contributed by atoms with Gasteiger partial charge in [-0.2, -0.15) is 0 Å². The summed E-state index contributed by atoms with van der Waals surface area (Å²) >= 11 is 13.0. The molecule has 1 aromatic heterocycles. The highest BCUT2D eigenvalue weighted by Crippen LogP contribution is 2.35. The Balaban J connectivity index is 2.29. The maximum absolute atomic E-state index is 5.93. The van der Waals surface area contributed by atoms with E-state index in [9.17, 15) is 0 Å². The molecule has 2 rings (SSSR count). The van der Waals surface area contributed by atoms with Gasteiger partial charge < -0.3 is 4.74 Å². The molecule has 1 heterocycles. The van der Waals surface area contributed by atoms with Gasteiger partial charge in [-0.15, -0.1) is 0 Å². The topological polar surface area (TPSA) is 22.1 Å². The second kappa shape index (κ2) is 4.17. The average Bonchev–Trinajstić information content (AvgIpc) is 2.66. The highest BCUT2D eigenvalue weighted by molar-refractivity contribution is 7.11. The van der Waals surface area contributed by atoms with Crippen molar-refractivity contribution in [3.8, 4) is 10.8 Å². The van der Waals surface area contributed by atoms with E-state index in [0.717, 1.165) is 0 Å². The van der Waals surface area contributed by atoms with Gasteiger partial charge in [-0.1, -0.05) is 40.6 Å². The number of thiazole rings is 1. The van der Waals surface area contributed by atoms with Crippen LogP contribution in [-0.4, -0.2) is 4.98 Å². The van der Waals surface area contributed by atoms with E-state index < -0.39 is 0 Å². The van der Waals surface area contributed by atoms with Crippen molar-refractivity contribution in [1.29, 1.82) is 0 Å². The Morgan fingerprint density at radius 3 is 2.93 bits per heavy atom. The molecule has 0 N–H and O–H groups in total. The van der Waals surface area contributed by atoms with E-state index in [1.165, 1.54) is 11.3 Å². The molecule has 0 saturated carbocycles. The Morgan fingerprint density at radius 1 is 1.36 bits per heavy atom. The van der Waals surface area contributed by atoms with Crippen molar-refractivity contribution >= 4 is 34.5 Å². The molecule has 0 aliphatic heterocycles. The van der Waals surface area contributed by atoms with Crippen molar-refractivity contribution in [2.24, 2.45) is 0 Å².